The first kappa shape index (κ1) is 32.8. The molecule has 0 aliphatic carbocycles. The SMILES string of the molecule is O=C(c1ccccc1)c1ccc(CN(CCCN(Cc2ccccc2)C(=O)O)C(=O)OCc2scnc2C(=O)c2ccccc2)cc1. The Morgan fingerprint density at radius 1 is 0.638 bits per heavy atom. The molecule has 1 heterocycles. The van der Waals surface area contributed by atoms with Crippen molar-refractivity contribution in [3.63, 3.8) is 0 Å². The van der Waals surface area contributed by atoms with Gasteiger partial charge in [0, 0.05) is 42.9 Å². The van der Waals surface area contributed by atoms with Crippen LogP contribution in [0.1, 0.15) is 54.4 Å². The second-order valence-electron chi connectivity index (χ2n) is 10.7. The van der Waals surface area contributed by atoms with Crippen LogP contribution < -0.4 is 0 Å². The van der Waals surface area contributed by atoms with Crippen LogP contribution in [-0.4, -0.2) is 56.7 Å². The van der Waals surface area contributed by atoms with Gasteiger partial charge in [0.15, 0.2) is 5.78 Å². The fraction of sp³-hybridized carbons (Fsp3) is 0.162. The Labute approximate surface area is 276 Å². The van der Waals surface area contributed by atoms with Gasteiger partial charge in [-0.15, -0.1) is 11.3 Å². The quantitative estimate of drug-likeness (QED) is 0.126. The average molecular weight is 648 g/mol. The number of nitrogens with zero attached hydrogens (tertiary/aromatic N) is 3. The molecule has 0 aliphatic heterocycles. The molecule has 0 aliphatic rings. The summed E-state index contributed by atoms with van der Waals surface area (Å²) in [6.45, 7) is 0.654. The van der Waals surface area contributed by atoms with E-state index in [1.54, 1.807) is 66.2 Å². The van der Waals surface area contributed by atoms with Crippen molar-refractivity contribution in [1.29, 1.82) is 0 Å². The Balaban J connectivity index is 1.27. The predicted octanol–water partition coefficient (Wildman–Crippen LogP) is 7.31. The molecule has 5 aromatic rings. The van der Waals surface area contributed by atoms with Gasteiger partial charge in [0.25, 0.3) is 0 Å². The van der Waals surface area contributed by atoms with Crippen molar-refractivity contribution >= 4 is 35.1 Å². The monoisotopic (exact) mass is 647 g/mol. The van der Waals surface area contributed by atoms with Gasteiger partial charge in [-0.05, 0) is 17.5 Å². The molecule has 1 N–H and O–H groups in total. The zero-order valence-electron chi connectivity index (χ0n) is 25.5. The van der Waals surface area contributed by atoms with Gasteiger partial charge in [-0.3, -0.25) is 9.59 Å². The first-order valence-electron chi connectivity index (χ1n) is 15.0. The lowest BCUT2D eigenvalue weighted by molar-refractivity contribution is 0.0904. The Kier molecular flexibility index (Phi) is 11.2. The smallest absolute Gasteiger partial charge is 0.410 e. The number of ether oxygens (including phenoxy) is 1. The molecule has 0 saturated heterocycles. The number of amides is 2. The van der Waals surface area contributed by atoms with E-state index in [0.717, 1.165) is 11.1 Å². The third-order valence-corrected chi connectivity index (χ3v) is 8.25. The Morgan fingerprint density at radius 2 is 1.15 bits per heavy atom. The van der Waals surface area contributed by atoms with Crippen LogP contribution in [0.2, 0.25) is 0 Å². The van der Waals surface area contributed by atoms with Gasteiger partial charge < -0.3 is 19.6 Å². The number of benzene rings is 4. The summed E-state index contributed by atoms with van der Waals surface area (Å²) >= 11 is 1.23. The van der Waals surface area contributed by atoms with E-state index in [-0.39, 0.29) is 50.0 Å². The van der Waals surface area contributed by atoms with Gasteiger partial charge in [-0.2, -0.15) is 0 Å². The van der Waals surface area contributed by atoms with Crippen LogP contribution in [0.3, 0.4) is 0 Å². The molecular weight excluding hydrogens is 614 g/mol. The fourth-order valence-electron chi connectivity index (χ4n) is 4.97. The van der Waals surface area contributed by atoms with E-state index in [1.165, 1.54) is 21.1 Å². The summed E-state index contributed by atoms with van der Waals surface area (Å²) in [7, 11) is 0. The summed E-state index contributed by atoms with van der Waals surface area (Å²) in [6.07, 6.45) is -1.31. The van der Waals surface area contributed by atoms with Crippen LogP contribution in [0.5, 0.6) is 0 Å². The first-order chi connectivity index (χ1) is 22.9. The topological polar surface area (TPSA) is 117 Å². The van der Waals surface area contributed by atoms with Crippen molar-refractivity contribution in [3.8, 4) is 0 Å². The van der Waals surface area contributed by atoms with Crippen LogP contribution in [0.25, 0.3) is 0 Å². The summed E-state index contributed by atoms with van der Waals surface area (Å²) in [6, 6.07) is 34.1. The second kappa shape index (κ2) is 16.1. The van der Waals surface area contributed by atoms with Gasteiger partial charge in [-0.25, -0.2) is 14.6 Å². The van der Waals surface area contributed by atoms with Gasteiger partial charge in [0.05, 0.1) is 10.4 Å². The Morgan fingerprint density at radius 3 is 1.77 bits per heavy atom. The molecule has 4 aromatic carbocycles. The largest absolute Gasteiger partial charge is 0.465 e. The average Bonchev–Trinajstić information content (AvgIpc) is 3.59. The molecule has 0 unspecified atom stereocenters. The molecule has 10 heteroatoms. The third kappa shape index (κ3) is 8.99. The first-order valence-corrected chi connectivity index (χ1v) is 15.9. The van der Waals surface area contributed by atoms with Gasteiger partial charge >= 0.3 is 12.2 Å². The molecule has 0 radical (unpaired) electrons. The van der Waals surface area contributed by atoms with Crippen LogP contribution in [0.15, 0.2) is 121 Å². The summed E-state index contributed by atoms with van der Waals surface area (Å²) in [5.74, 6) is -0.363. The minimum absolute atomic E-state index is 0.106. The minimum Gasteiger partial charge on any atom is -0.465 e. The van der Waals surface area contributed by atoms with E-state index < -0.39 is 12.2 Å². The molecule has 9 nitrogen and oxygen atoms in total. The molecule has 0 saturated carbocycles. The van der Waals surface area contributed by atoms with Crippen LogP contribution >= 0.6 is 11.3 Å². The number of aromatic nitrogens is 1. The second-order valence-corrected chi connectivity index (χ2v) is 11.7. The number of rotatable bonds is 14. The zero-order chi connectivity index (χ0) is 33.0. The molecular formula is C37H33N3O6S. The molecule has 5 rings (SSSR count). The zero-order valence-corrected chi connectivity index (χ0v) is 26.3. The van der Waals surface area contributed by atoms with E-state index in [0.29, 0.717) is 28.0 Å². The Hall–Kier alpha value is -5.61. The predicted molar refractivity (Wildman–Crippen MR) is 178 cm³/mol. The number of carbonyl (C=O) groups excluding carboxylic acids is 3. The number of hydrogen-bond acceptors (Lipinski definition) is 7. The lowest BCUT2D eigenvalue weighted by Crippen LogP contribution is -2.36. The lowest BCUT2D eigenvalue weighted by Gasteiger charge is -2.25. The van der Waals surface area contributed by atoms with Crippen molar-refractivity contribution < 1.29 is 29.0 Å². The molecule has 1 aromatic heterocycles. The standard InChI is InChI=1S/C37H33N3O6S/c41-34(29-13-6-2-7-14-29)31-19-17-28(18-20-31)24-40(22-10-21-39(36(43)44)23-27-11-4-1-5-12-27)37(45)46-25-32-33(38-26-47-32)35(42)30-15-8-3-9-16-30/h1-9,11-20,26H,10,21-25H2,(H,43,44). The molecule has 0 fully saturated rings. The normalized spacial score (nSPS) is 10.6. The highest BCUT2D eigenvalue weighted by atomic mass is 32.1. The molecule has 2 amide bonds. The van der Waals surface area contributed by atoms with E-state index in [4.69, 9.17) is 4.74 Å². The molecule has 47 heavy (non-hydrogen) atoms. The summed E-state index contributed by atoms with van der Waals surface area (Å²) in [5, 5.41) is 9.80. The number of carboxylic acid groups (broad SMARTS) is 1. The maximum absolute atomic E-state index is 13.5. The van der Waals surface area contributed by atoms with Crippen LogP contribution in [0.4, 0.5) is 9.59 Å². The van der Waals surface area contributed by atoms with Crippen molar-refractivity contribution in [2.24, 2.45) is 0 Å². The van der Waals surface area contributed by atoms with Crippen LogP contribution in [-0.2, 0) is 24.4 Å². The van der Waals surface area contributed by atoms with E-state index >= 15 is 0 Å². The van der Waals surface area contributed by atoms with E-state index in [9.17, 15) is 24.3 Å². The van der Waals surface area contributed by atoms with Gasteiger partial charge in [-0.1, -0.05) is 115 Å². The van der Waals surface area contributed by atoms with E-state index in [2.05, 4.69) is 4.98 Å². The van der Waals surface area contributed by atoms with Crippen LogP contribution in [0, 0.1) is 0 Å². The summed E-state index contributed by atoms with van der Waals surface area (Å²) in [4.78, 5) is 58.9. The highest BCUT2D eigenvalue weighted by molar-refractivity contribution is 7.09. The van der Waals surface area contributed by atoms with Crippen molar-refractivity contribution in [1.82, 2.24) is 14.8 Å². The Bertz CT molecular complexity index is 1790. The number of hydrogen-bond donors (Lipinski definition) is 1. The molecule has 0 spiro atoms. The molecule has 0 atom stereocenters. The highest BCUT2D eigenvalue weighted by Gasteiger charge is 2.22. The molecule has 0 bridgehead atoms. The summed E-state index contributed by atoms with van der Waals surface area (Å²) < 4.78 is 5.69. The summed E-state index contributed by atoms with van der Waals surface area (Å²) in [5.41, 5.74) is 5.00. The third-order valence-electron chi connectivity index (χ3n) is 7.45. The maximum atomic E-state index is 13.5. The van der Waals surface area contributed by atoms with Crippen molar-refractivity contribution in [3.05, 3.63) is 159 Å². The number of carbonyl (C=O) groups is 4. The molecule has 238 valence electrons. The number of ketones is 2. The van der Waals surface area contributed by atoms with E-state index in [1.807, 2.05) is 54.6 Å². The number of thiazole rings is 1. The maximum Gasteiger partial charge on any atom is 0.410 e. The lowest BCUT2D eigenvalue weighted by atomic mass is 10.0. The highest BCUT2D eigenvalue weighted by Crippen LogP contribution is 2.20. The van der Waals surface area contributed by atoms with Crippen molar-refractivity contribution in [2.75, 3.05) is 13.1 Å². The van der Waals surface area contributed by atoms with Crippen molar-refractivity contribution in [2.45, 2.75) is 26.1 Å². The minimum atomic E-state index is -1.05. The van der Waals surface area contributed by atoms with Gasteiger partial charge in [0.1, 0.15) is 12.3 Å². The fourth-order valence-corrected chi connectivity index (χ4v) is 5.64. The van der Waals surface area contributed by atoms with Gasteiger partial charge in [0.2, 0.25) is 5.78 Å².